The van der Waals surface area contributed by atoms with Crippen molar-refractivity contribution in [2.75, 3.05) is 15.1 Å². The molecular weight excluding hydrogens is 633 g/mol. The molecule has 4 nitrogen and oxygen atoms in total. The minimum absolute atomic E-state index is 0.149. The molecule has 1 aromatic heterocycles. The summed E-state index contributed by atoms with van der Waals surface area (Å²) in [7, 11) is 0. The fourth-order valence-corrected chi connectivity index (χ4v) is 7.95. The van der Waals surface area contributed by atoms with Gasteiger partial charge in [0, 0.05) is 44.3 Å². The Balaban J connectivity index is 1.28. The first-order valence-corrected chi connectivity index (χ1v) is 17.8. The summed E-state index contributed by atoms with van der Waals surface area (Å²) in [6.45, 7) is 0. The highest BCUT2D eigenvalue weighted by Crippen LogP contribution is 2.49. The molecule has 0 saturated carbocycles. The molecule has 10 rings (SSSR count). The van der Waals surface area contributed by atoms with Crippen LogP contribution in [0.1, 0.15) is 11.7 Å². The van der Waals surface area contributed by atoms with Crippen LogP contribution in [0.5, 0.6) is 0 Å². The number of aromatic nitrogens is 1. The van der Waals surface area contributed by atoms with E-state index in [1.807, 2.05) is 0 Å². The maximum atomic E-state index is 5.74. The zero-order valence-electron chi connectivity index (χ0n) is 28.4. The number of nitrogens with zero attached hydrogens (tertiary/aromatic N) is 3. The molecule has 0 fully saturated rings. The lowest BCUT2D eigenvalue weighted by atomic mass is 9.92. The zero-order chi connectivity index (χ0) is 34.4. The van der Waals surface area contributed by atoms with Gasteiger partial charge in [-0.2, -0.15) is 0 Å². The number of benzene rings is 8. The quantitative estimate of drug-likeness (QED) is 0.179. The number of hydrogen-bond donors (Lipinski definition) is 1. The van der Waals surface area contributed by atoms with Crippen LogP contribution < -0.4 is 15.1 Å². The molecule has 0 radical (unpaired) electrons. The van der Waals surface area contributed by atoms with Gasteiger partial charge in [0.1, 0.15) is 6.17 Å². The van der Waals surface area contributed by atoms with Crippen molar-refractivity contribution in [2.45, 2.75) is 6.17 Å². The van der Waals surface area contributed by atoms with E-state index in [4.69, 9.17) is 4.98 Å². The molecule has 0 saturated heterocycles. The standard InChI is InChI=1S/C48H34N4/c1-4-18-34(19-5-1)51(35-20-6-2-7-21-35)44-30-16-27-40-45-37-24-11-10-17-33(37)31-32-41(45)46(50-47(40)44)38-25-12-13-26-39(38)48-49-42-28-14-15-29-43(42)52(48)36-22-8-3-9-23-36/h1-32,48-49H. The molecule has 9 aromatic rings. The van der Waals surface area contributed by atoms with Crippen molar-refractivity contribution in [1.29, 1.82) is 0 Å². The second-order valence-corrected chi connectivity index (χ2v) is 13.2. The van der Waals surface area contributed by atoms with Crippen LogP contribution in [-0.2, 0) is 0 Å². The van der Waals surface area contributed by atoms with E-state index in [0.29, 0.717) is 0 Å². The Morgan fingerprint density at radius 1 is 0.500 bits per heavy atom. The van der Waals surface area contributed by atoms with Crippen LogP contribution in [0.4, 0.5) is 34.1 Å². The second kappa shape index (κ2) is 12.4. The van der Waals surface area contributed by atoms with Crippen molar-refractivity contribution in [3.8, 4) is 11.3 Å². The zero-order valence-corrected chi connectivity index (χ0v) is 28.4. The Kier molecular flexibility index (Phi) is 7.17. The summed E-state index contributed by atoms with van der Waals surface area (Å²) in [5, 5.41) is 9.77. The van der Waals surface area contributed by atoms with Crippen molar-refractivity contribution < 1.29 is 0 Å². The molecule has 1 aliphatic heterocycles. The van der Waals surface area contributed by atoms with Crippen LogP contribution >= 0.6 is 0 Å². The molecular formula is C48H34N4. The molecule has 0 amide bonds. The van der Waals surface area contributed by atoms with Gasteiger partial charge in [0.25, 0.3) is 0 Å². The number of nitrogens with one attached hydrogen (secondary N) is 1. The Bertz CT molecular complexity index is 2690. The van der Waals surface area contributed by atoms with Crippen LogP contribution in [0, 0.1) is 0 Å². The van der Waals surface area contributed by atoms with Gasteiger partial charge in [-0.3, -0.25) is 0 Å². The topological polar surface area (TPSA) is 31.4 Å². The highest BCUT2D eigenvalue weighted by atomic mass is 15.3. The van der Waals surface area contributed by atoms with Crippen LogP contribution in [-0.4, -0.2) is 4.98 Å². The first kappa shape index (κ1) is 30.0. The van der Waals surface area contributed by atoms with Gasteiger partial charge in [-0.05, 0) is 65.4 Å². The summed E-state index contributed by atoms with van der Waals surface area (Å²) in [5.74, 6) is 0. The third-order valence-electron chi connectivity index (χ3n) is 10.2. The maximum Gasteiger partial charge on any atom is 0.131 e. The molecule has 8 aromatic carbocycles. The summed E-state index contributed by atoms with van der Waals surface area (Å²) in [5.41, 5.74) is 10.7. The lowest BCUT2D eigenvalue weighted by Crippen LogP contribution is -2.24. The molecule has 52 heavy (non-hydrogen) atoms. The van der Waals surface area contributed by atoms with Crippen LogP contribution in [0.15, 0.2) is 194 Å². The molecule has 4 heteroatoms. The number of rotatable bonds is 6. The normalized spacial score (nSPS) is 13.7. The Morgan fingerprint density at radius 3 is 1.92 bits per heavy atom. The van der Waals surface area contributed by atoms with E-state index in [2.05, 4.69) is 209 Å². The second-order valence-electron chi connectivity index (χ2n) is 13.2. The van der Waals surface area contributed by atoms with Crippen LogP contribution in [0.25, 0.3) is 43.7 Å². The monoisotopic (exact) mass is 666 g/mol. The third-order valence-corrected chi connectivity index (χ3v) is 10.2. The molecule has 1 aliphatic rings. The van der Waals surface area contributed by atoms with Crippen molar-refractivity contribution in [1.82, 2.24) is 4.98 Å². The molecule has 2 heterocycles. The van der Waals surface area contributed by atoms with Crippen LogP contribution in [0.3, 0.4) is 0 Å². The summed E-state index contributed by atoms with van der Waals surface area (Å²) in [6.07, 6.45) is -0.149. The van der Waals surface area contributed by atoms with Gasteiger partial charge in [-0.15, -0.1) is 0 Å². The van der Waals surface area contributed by atoms with E-state index < -0.39 is 0 Å². The SMILES string of the molecule is c1ccc(N(c2ccccc2)c2cccc3c2nc(-c2ccccc2C2Nc4ccccc4N2c2ccccc2)c2ccc4ccccc4c23)cc1. The van der Waals surface area contributed by atoms with E-state index >= 15 is 0 Å². The number of para-hydroxylation sites is 6. The number of hydrogen-bond acceptors (Lipinski definition) is 4. The predicted molar refractivity (Wildman–Crippen MR) is 218 cm³/mol. The molecule has 0 bridgehead atoms. The number of fused-ring (bicyclic) bond motifs is 6. The van der Waals surface area contributed by atoms with Gasteiger partial charge in [-0.1, -0.05) is 140 Å². The molecule has 0 aliphatic carbocycles. The fourth-order valence-electron chi connectivity index (χ4n) is 7.95. The third kappa shape index (κ3) is 4.88. The summed E-state index contributed by atoms with van der Waals surface area (Å²) in [4.78, 5) is 10.5. The summed E-state index contributed by atoms with van der Waals surface area (Å²) >= 11 is 0. The highest BCUT2D eigenvalue weighted by molar-refractivity contribution is 6.24. The minimum Gasteiger partial charge on any atom is -0.359 e. The molecule has 1 unspecified atom stereocenters. The average molecular weight is 667 g/mol. The maximum absolute atomic E-state index is 5.74. The highest BCUT2D eigenvalue weighted by Gasteiger charge is 2.33. The van der Waals surface area contributed by atoms with Gasteiger partial charge >= 0.3 is 0 Å². The smallest absolute Gasteiger partial charge is 0.131 e. The fraction of sp³-hybridized carbons (Fsp3) is 0.0208. The molecule has 246 valence electrons. The molecule has 0 spiro atoms. The van der Waals surface area contributed by atoms with E-state index in [0.717, 1.165) is 67.2 Å². The largest absolute Gasteiger partial charge is 0.359 e. The Hall–Kier alpha value is -6.91. The van der Waals surface area contributed by atoms with E-state index in [1.54, 1.807) is 0 Å². The van der Waals surface area contributed by atoms with E-state index in [9.17, 15) is 0 Å². The average Bonchev–Trinajstić information content (AvgIpc) is 3.61. The van der Waals surface area contributed by atoms with Gasteiger partial charge in [-0.25, -0.2) is 4.98 Å². The summed E-state index contributed by atoms with van der Waals surface area (Å²) in [6, 6.07) is 69.0. The first-order chi connectivity index (χ1) is 25.8. The van der Waals surface area contributed by atoms with E-state index in [-0.39, 0.29) is 6.17 Å². The summed E-state index contributed by atoms with van der Waals surface area (Å²) < 4.78 is 0. The van der Waals surface area contributed by atoms with Crippen molar-refractivity contribution in [3.63, 3.8) is 0 Å². The molecule has 1 N–H and O–H groups in total. The lowest BCUT2D eigenvalue weighted by Gasteiger charge is -2.29. The van der Waals surface area contributed by atoms with Gasteiger partial charge in [0.15, 0.2) is 0 Å². The van der Waals surface area contributed by atoms with Crippen molar-refractivity contribution in [2.24, 2.45) is 0 Å². The number of anilines is 6. The lowest BCUT2D eigenvalue weighted by molar-refractivity contribution is 0.830. The predicted octanol–water partition coefficient (Wildman–Crippen LogP) is 12.9. The minimum atomic E-state index is -0.149. The van der Waals surface area contributed by atoms with Gasteiger partial charge in [0.05, 0.1) is 28.3 Å². The first-order valence-electron chi connectivity index (χ1n) is 17.8. The Labute approximate surface area is 302 Å². The molecule has 1 atom stereocenters. The Morgan fingerprint density at radius 2 is 1.13 bits per heavy atom. The van der Waals surface area contributed by atoms with E-state index in [1.165, 1.54) is 16.2 Å². The van der Waals surface area contributed by atoms with Crippen molar-refractivity contribution >= 4 is 66.6 Å². The number of pyridine rings is 1. The van der Waals surface area contributed by atoms with Gasteiger partial charge in [0.2, 0.25) is 0 Å². The van der Waals surface area contributed by atoms with Crippen LogP contribution in [0.2, 0.25) is 0 Å². The van der Waals surface area contributed by atoms with Gasteiger partial charge < -0.3 is 15.1 Å². The van der Waals surface area contributed by atoms with Crippen molar-refractivity contribution in [3.05, 3.63) is 200 Å².